The molecule has 1 aromatic carbocycles. The molecule has 15 heteroatoms. The Balaban J connectivity index is 1.51. The van der Waals surface area contributed by atoms with Crippen LogP contribution in [0.5, 0.6) is 5.75 Å². The Morgan fingerprint density at radius 1 is 1.14 bits per heavy atom. The van der Waals surface area contributed by atoms with Crippen molar-refractivity contribution < 1.29 is 29.9 Å². The number of aliphatic hydroxyl groups is 4. The second-order valence-corrected chi connectivity index (χ2v) is 8.82. The Morgan fingerprint density at radius 3 is 2.62 bits per heavy atom. The molecule has 4 rings (SSSR count). The Hall–Kier alpha value is -3.40. The van der Waals surface area contributed by atoms with Crippen LogP contribution in [0.3, 0.4) is 0 Å². The summed E-state index contributed by atoms with van der Waals surface area (Å²) >= 11 is 6.12. The highest BCUT2D eigenvalue weighted by molar-refractivity contribution is 6.30. The van der Waals surface area contributed by atoms with E-state index in [4.69, 9.17) is 21.1 Å². The van der Waals surface area contributed by atoms with Crippen molar-refractivity contribution in [3.8, 4) is 5.75 Å². The van der Waals surface area contributed by atoms with Crippen LogP contribution >= 0.6 is 11.6 Å². The number of aliphatic imine (C=N–C) groups is 1. The van der Waals surface area contributed by atoms with Crippen molar-refractivity contribution >= 4 is 23.6 Å². The van der Waals surface area contributed by atoms with Gasteiger partial charge in [-0.2, -0.15) is 0 Å². The lowest BCUT2D eigenvalue weighted by Gasteiger charge is -2.39. The van der Waals surface area contributed by atoms with Gasteiger partial charge in [0.1, 0.15) is 48.3 Å². The molecule has 1 saturated heterocycles. The topological polar surface area (TPSA) is 186 Å². The van der Waals surface area contributed by atoms with Crippen LogP contribution in [0.15, 0.2) is 45.0 Å². The lowest BCUT2D eigenvalue weighted by Crippen LogP contribution is -2.56. The van der Waals surface area contributed by atoms with Crippen molar-refractivity contribution in [2.75, 3.05) is 6.61 Å². The number of halogens is 1. The minimum atomic E-state index is -1.56. The summed E-state index contributed by atoms with van der Waals surface area (Å²) in [5.74, 6) is 0.505. The lowest BCUT2D eigenvalue weighted by molar-refractivity contribution is -0.254. The van der Waals surface area contributed by atoms with Crippen LogP contribution < -0.4 is 16.0 Å². The van der Waals surface area contributed by atoms with Gasteiger partial charge in [-0.25, -0.2) is 14.5 Å². The van der Waals surface area contributed by atoms with Crippen molar-refractivity contribution in [2.24, 2.45) is 19.1 Å². The molecule has 3 aromatic rings. The number of aliphatic hydroxyl groups excluding tert-OH is 4. The van der Waals surface area contributed by atoms with Crippen molar-refractivity contribution in [3.63, 3.8) is 0 Å². The molecule has 1 aliphatic heterocycles. The molecule has 37 heavy (non-hydrogen) atoms. The molecule has 0 radical (unpaired) electrons. The van der Waals surface area contributed by atoms with Crippen LogP contribution in [0.25, 0.3) is 0 Å². The van der Waals surface area contributed by atoms with Crippen molar-refractivity contribution in [1.29, 1.82) is 0 Å². The first-order valence-electron chi connectivity index (χ1n) is 11.1. The Morgan fingerprint density at radius 2 is 1.89 bits per heavy atom. The fourth-order valence-electron chi connectivity index (χ4n) is 3.69. The third-order valence-electron chi connectivity index (χ3n) is 5.87. The van der Waals surface area contributed by atoms with E-state index < -0.39 is 48.5 Å². The van der Waals surface area contributed by atoms with E-state index in [0.29, 0.717) is 22.0 Å². The molecule has 0 bridgehead atoms. The fraction of sp³-hybridized carbons (Fsp3) is 0.409. The highest BCUT2D eigenvalue weighted by atomic mass is 35.5. The number of nitrogens with zero attached hydrogens (tertiary/aromatic N) is 6. The number of rotatable bonds is 7. The Labute approximate surface area is 214 Å². The van der Waals surface area contributed by atoms with Crippen LogP contribution in [-0.4, -0.2) is 81.8 Å². The monoisotopic (exact) mass is 536 g/mol. The maximum absolute atomic E-state index is 12.1. The van der Waals surface area contributed by atoms with Gasteiger partial charge in [-0.3, -0.25) is 13.9 Å². The molecule has 5 atom stereocenters. The van der Waals surface area contributed by atoms with Crippen molar-refractivity contribution in [3.05, 3.63) is 67.6 Å². The molecule has 0 unspecified atom stereocenters. The highest BCUT2D eigenvalue weighted by Gasteiger charge is 2.44. The van der Waals surface area contributed by atoms with Gasteiger partial charge in [0, 0.05) is 37.0 Å². The molecule has 1 aliphatic rings. The van der Waals surface area contributed by atoms with Gasteiger partial charge in [0.2, 0.25) is 0 Å². The molecular formula is C22H25ClN6O8. The number of hydrogen-bond acceptors (Lipinski definition) is 11. The molecule has 4 N–H and O–H groups in total. The van der Waals surface area contributed by atoms with E-state index in [2.05, 4.69) is 15.3 Å². The third kappa shape index (κ3) is 5.49. The second-order valence-electron chi connectivity index (χ2n) is 8.38. The maximum atomic E-state index is 12.1. The zero-order chi connectivity index (χ0) is 26.9. The summed E-state index contributed by atoms with van der Waals surface area (Å²) in [5.41, 5.74) is -0.226. The highest BCUT2D eigenvalue weighted by Crippen LogP contribution is 2.28. The van der Waals surface area contributed by atoms with E-state index in [1.807, 2.05) is 0 Å². The SMILES string of the molecule is Cn1c(/N=C/c2cc(Cl)ccc2OCc2cn([C@@H]3O[C@H](CO)[C@@H](O)[C@H](O)[C@H]3O)nn2)cc(=O)n(C)c1=O. The molecule has 3 heterocycles. The van der Waals surface area contributed by atoms with E-state index >= 15 is 0 Å². The summed E-state index contributed by atoms with van der Waals surface area (Å²) in [6, 6.07) is 6.02. The van der Waals surface area contributed by atoms with Crippen LogP contribution in [0.1, 0.15) is 17.5 Å². The molecular weight excluding hydrogens is 512 g/mol. The number of hydrogen-bond donors (Lipinski definition) is 4. The molecule has 0 spiro atoms. The Bertz CT molecular complexity index is 1420. The van der Waals surface area contributed by atoms with E-state index in [-0.39, 0.29) is 12.4 Å². The smallest absolute Gasteiger partial charge is 0.332 e. The van der Waals surface area contributed by atoms with Gasteiger partial charge in [-0.05, 0) is 18.2 Å². The molecule has 198 valence electrons. The number of aromatic nitrogens is 5. The van der Waals surface area contributed by atoms with Crippen LogP contribution in [-0.2, 0) is 25.4 Å². The largest absolute Gasteiger partial charge is 0.486 e. The number of benzene rings is 1. The van der Waals surface area contributed by atoms with Gasteiger partial charge >= 0.3 is 5.69 Å². The normalized spacial score (nSPS) is 24.0. The fourth-order valence-corrected chi connectivity index (χ4v) is 3.87. The van der Waals surface area contributed by atoms with E-state index in [9.17, 15) is 30.0 Å². The Kier molecular flexibility index (Phi) is 7.87. The summed E-state index contributed by atoms with van der Waals surface area (Å²) in [6.45, 7) is -0.636. The summed E-state index contributed by atoms with van der Waals surface area (Å²) < 4.78 is 14.6. The van der Waals surface area contributed by atoms with Gasteiger partial charge in [0.05, 0.1) is 12.8 Å². The summed E-state index contributed by atoms with van der Waals surface area (Å²) in [7, 11) is 2.86. The van der Waals surface area contributed by atoms with Crippen molar-refractivity contribution in [1.82, 2.24) is 24.1 Å². The second kappa shape index (κ2) is 10.9. The molecule has 14 nitrogen and oxygen atoms in total. The summed E-state index contributed by atoms with van der Waals surface area (Å²) in [4.78, 5) is 28.3. The van der Waals surface area contributed by atoms with Gasteiger partial charge in [0.25, 0.3) is 5.56 Å². The first-order valence-corrected chi connectivity index (χ1v) is 11.4. The molecule has 0 aliphatic carbocycles. The van der Waals surface area contributed by atoms with Gasteiger partial charge in [0.15, 0.2) is 6.23 Å². The number of ether oxygens (including phenoxy) is 2. The van der Waals surface area contributed by atoms with Gasteiger partial charge < -0.3 is 29.9 Å². The van der Waals surface area contributed by atoms with Crippen LogP contribution in [0.4, 0.5) is 5.82 Å². The molecule has 2 aromatic heterocycles. The first-order chi connectivity index (χ1) is 17.6. The zero-order valence-electron chi connectivity index (χ0n) is 19.7. The summed E-state index contributed by atoms with van der Waals surface area (Å²) in [6.07, 6.45) is -4.02. The van der Waals surface area contributed by atoms with E-state index in [1.54, 1.807) is 18.2 Å². The van der Waals surface area contributed by atoms with E-state index in [1.165, 1.54) is 37.1 Å². The van der Waals surface area contributed by atoms with Gasteiger partial charge in [-0.15, -0.1) is 5.10 Å². The van der Waals surface area contributed by atoms with Crippen molar-refractivity contribution in [2.45, 2.75) is 37.3 Å². The van der Waals surface area contributed by atoms with E-state index in [0.717, 1.165) is 9.25 Å². The molecule has 0 amide bonds. The maximum Gasteiger partial charge on any atom is 0.332 e. The van der Waals surface area contributed by atoms with Crippen LogP contribution in [0.2, 0.25) is 5.02 Å². The van der Waals surface area contributed by atoms with Gasteiger partial charge in [-0.1, -0.05) is 16.8 Å². The lowest BCUT2D eigenvalue weighted by atomic mass is 9.98. The first kappa shape index (κ1) is 26.7. The standard InChI is InChI=1S/C22H25ClN6O8/c1-27-16(6-17(31)28(2)22(27)35)24-7-11-5-12(23)3-4-14(11)36-10-13-8-29(26-25-13)21-20(34)19(33)18(32)15(9-30)37-21/h3-8,15,18-21,30,32-34H,9-10H2,1-2H3/b24-7+/t15-,18-,19+,20-,21-/m1/s1. The average molecular weight is 537 g/mol. The third-order valence-corrected chi connectivity index (χ3v) is 6.10. The molecule has 1 fully saturated rings. The zero-order valence-corrected chi connectivity index (χ0v) is 20.5. The quantitative estimate of drug-likeness (QED) is 0.262. The average Bonchev–Trinajstić information content (AvgIpc) is 3.35. The predicted octanol–water partition coefficient (Wildman–Crippen LogP) is -1.37. The molecule has 0 saturated carbocycles. The van der Waals surface area contributed by atoms with Crippen LogP contribution in [0, 0.1) is 0 Å². The summed E-state index contributed by atoms with van der Waals surface area (Å²) in [5, 5.41) is 47.8. The minimum absolute atomic E-state index is 0.0652. The minimum Gasteiger partial charge on any atom is -0.486 e. The predicted molar refractivity (Wildman–Crippen MR) is 129 cm³/mol.